The Labute approximate surface area is 114 Å². The highest BCUT2D eigenvalue weighted by atomic mass is 16.4. The number of carboxylic acid groups (broad SMARTS) is 1. The quantitative estimate of drug-likeness (QED) is 0.781. The molecule has 100 valence electrons. The number of carbonyl (C=O) groups is 1. The van der Waals surface area contributed by atoms with Crippen LogP contribution in [0.1, 0.15) is 23.6 Å². The van der Waals surface area contributed by atoms with Gasteiger partial charge in [-0.2, -0.15) is 0 Å². The van der Waals surface area contributed by atoms with E-state index in [4.69, 9.17) is 9.52 Å². The van der Waals surface area contributed by atoms with Gasteiger partial charge in [-0.05, 0) is 23.8 Å². The third-order valence-electron chi connectivity index (χ3n) is 3.10. The minimum Gasteiger partial charge on any atom is -0.481 e. The van der Waals surface area contributed by atoms with Crippen LogP contribution in [-0.4, -0.2) is 26.0 Å². The Bertz CT molecular complexity index is 740. The molecular formula is C14H11N3O3. The molecule has 0 aliphatic heterocycles. The van der Waals surface area contributed by atoms with Gasteiger partial charge < -0.3 is 9.52 Å². The Kier molecular flexibility index (Phi) is 3.12. The molecule has 0 spiro atoms. The fraction of sp³-hybridized carbons (Fsp3) is 0.143. The summed E-state index contributed by atoms with van der Waals surface area (Å²) in [5.41, 5.74) is 2.87. The normalized spacial score (nSPS) is 12.4. The van der Waals surface area contributed by atoms with Crippen molar-refractivity contribution in [3.8, 4) is 0 Å². The summed E-state index contributed by atoms with van der Waals surface area (Å²) in [5, 5.41) is 9.10. The molecule has 0 fully saturated rings. The zero-order chi connectivity index (χ0) is 13.9. The molecule has 6 heteroatoms. The Morgan fingerprint density at radius 3 is 2.95 bits per heavy atom. The van der Waals surface area contributed by atoms with Gasteiger partial charge >= 0.3 is 5.97 Å². The number of fused-ring (bicyclic) bond motifs is 1. The fourth-order valence-corrected chi connectivity index (χ4v) is 2.16. The van der Waals surface area contributed by atoms with Crippen LogP contribution < -0.4 is 0 Å². The molecule has 2 aromatic heterocycles. The molecule has 6 nitrogen and oxygen atoms in total. The lowest BCUT2D eigenvalue weighted by Gasteiger charge is -2.14. The van der Waals surface area contributed by atoms with Crippen LogP contribution >= 0.6 is 0 Å². The van der Waals surface area contributed by atoms with Crippen LogP contribution in [0.4, 0.5) is 0 Å². The van der Waals surface area contributed by atoms with Gasteiger partial charge in [0.25, 0.3) is 0 Å². The molecule has 0 amide bonds. The van der Waals surface area contributed by atoms with Crippen molar-refractivity contribution in [2.24, 2.45) is 0 Å². The van der Waals surface area contributed by atoms with Crippen LogP contribution in [0.5, 0.6) is 0 Å². The third kappa shape index (κ3) is 2.35. The molecule has 0 saturated heterocycles. The van der Waals surface area contributed by atoms with Crippen LogP contribution in [0.2, 0.25) is 0 Å². The Hall–Kier alpha value is -2.76. The van der Waals surface area contributed by atoms with E-state index in [0.717, 1.165) is 11.1 Å². The highest BCUT2D eigenvalue weighted by Crippen LogP contribution is 2.28. The maximum absolute atomic E-state index is 11.1. The molecule has 0 aliphatic carbocycles. The summed E-state index contributed by atoms with van der Waals surface area (Å²) in [6.45, 7) is 0. The van der Waals surface area contributed by atoms with E-state index in [1.165, 1.54) is 12.7 Å². The molecule has 0 saturated carbocycles. The zero-order valence-electron chi connectivity index (χ0n) is 10.4. The van der Waals surface area contributed by atoms with Crippen molar-refractivity contribution in [3.63, 3.8) is 0 Å². The molecule has 0 aliphatic rings. The van der Waals surface area contributed by atoms with Crippen molar-refractivity contribution in [2.45, 2.75) is 12.3 Å². The molecule has 20 heavy (non-hydrogen) atoms. The van der Waals surface area contributed by atoms with Gasteiger partial charge in [-0.15, -0.1) is 0 Å². The van der Waals surface area contributed by atoms with Gasteiger partial charge in [-0.25, -0.2) is 15.0 Å². The van der Waals surface area contributed by atoms with Crippen molar-refractivity contribution < 1.29 is 14.3 Å². The second-order valence-electron chi connectivity index (χ2n) is 4.36. The van der Waals surface area contributed by atoms with Crippen LogP contribution in [0.25, 0.3) is 11.1 Å². The second-order valence-corrected chi connectivity index (χ2v) is 4.36. The Balaban J connectivity index is 2.06. The number of carboxylic acids is 1. The summed E-state index contributed by atoms with van der Waals surface area (Å²) >= 11 is 0. The minimum absolute atomic E-state index is 0.0450. The average Bonchev–Trinajstić information content (AvgIpc) is 2.93. The van der Waals surface area contributed by atoms with Gasteiger partial charge in [-0.1, -0.05) is 6.07 Å². The van der Waals surface area contributed by atoms with Gasteiger partial charge in [0.05, 0.1) is 12.1 Å². The predicted molar refractivity (Wildman–Crippen MR) is 70.1 cm³/mol. The summed E-state index contributed by atoms with van der Waals surface area (Å²) in [7, 11) is 0. The number of rotatable bonds is 4. The molecule has 1 atom stereocenters. The third-order valence-corrected chi connectivity index (χ3v) is 3.10. The molecule has 1 N–H and O–H groups in total. The first-order valence-corrected chi connectivity index (χ1v) is 6.05. The first-order chi connectivity index (χ1) is 9.74. The van der Waals surface area contributed by atoms with Crippen LogP contribution in [0.15, 0.2) is 47.6 Å². The number of nitrogens with zero attached hydrogens (tertiary/aromatic N) is 3. The summed E-state index contributed by atoms with van der Waals surface area (Å²) in [6, 6.07) is 7.18. The summed E-state index contributed by atoms with van der Waals surface area (Å²) in [5.74, 6) is -1.23. The maximum Gasteiger partial charge on any atom is 0.304 e. The van der Waals surface area contributed by atoms with Crippen molar-refractivity contribution in [1.82, 2.24) is 15.0 Å². The number of aromatic nitrogens is 3. The van der Waals surface area contributed by atoms with E-state index in [-0.39, 0.29) is 12.3 Å². The van der Waals surface area contributed by atoms with Gasteiger partial charge in [0.15, 0.2) is 12.0 Å². The van der Waals surface area contributed by atoms with E-state index in [0.29, 0.717) is 11.3 Å². The average molecular weight is 269 g/mol. The van der Waals surface area contributed by atoms with Gasteiger partial charge in [-0.3, -0.25) is 4.79 Å². The van der Waals surface area contributed by atoms with Crippen LogP contribution in [-0.2, 0) is 4.79 Å². The topological polar surface area (TPSA) is 89.1 Å². The van der Waals surface area contributed by atoms with Crippen molar-refractivity contribution in [3.05, 3.63) is 54.4 Å². The van der Waals surface area contributed by atoms with Gasteiger partial charge in [0, 0.05) is 12.1 Å². The van der Waals surface area contributed by atoms with Crippen LogP contribution in [0, 0.1) is 0 Å². The van der Waals surface area contributed by atoms with E-state index in [2.05, 4.69) is 15.0 Å². The second kappa shape index (κ2) is 5.08. The summed E-state index contributed by atoms with van der Waals surface area (Å²) < 4.78 is 5.26. The smallest absolute Gasteiger partial charge is 0.304 e. The molecule has 1 aromatic carbocycles. The standard InChI is InChI=1S/C14H11N3O3/c18-14(19)6-10(11-3-4-15-7-16-11)9-1-2-12-13(5-9)20-8-17-12/h1-5,7-8,10H,6H2,(H,18,19). The lowest BCUT2D eigenvalue weighted by molar-refractivity contribution is -0.137. The monoisotopic (exact) mass is 269 g/mol. The van der Waals surface area contributed by atoms with E-state index in [1.54, 1.807) is 18.3 Å². The van der Waals surface area contributed by atoms with Crippen LogP contribution in [0.3, 0.4) is 0 Å². The van der Waals surface area contributed by atoms with E-state index < -0.39 is 5.97 Å². The number of benzene rings is 1. The molecule has 3 aromatic rings. The number of aliphatic carboxylic acids is 1. The summed E-state index contributed by atoms with van der Waals surface area (Å²) in [6.07, 6.45) is 4.34. The number of hydrogen-bond donors (Lipinski definition) is 1. The zero-order valence-corrected chi connectivity index (χ0v) is 10.4. The highest BCUT2D eigenvalue weighted by Gasteiger charge is 2.20. The SMILES string of the molecule is O=C(O)CC(c1ccc2ncoc2c1)c1ccncn1. The first-order valence-electron chi connectivity index (χ1n) is 6.05. The lowest BCUT2D eigenvalue weighted by atomic mass is 9.92. The molecule has 0 radical (unpaired) electrons. The van der Waals surface area contributed by atoms with Gasteiger partial charge in [0.2, 0.25) is 0 Å². The molecule has 2 heterocycles. The van der Waals surface area contributed by atoms with Gasteiger partial charge in [0.1, 0.15) is 11.8 Å². The van der Waals surface area contributed by atoms with E-state index >= 15 is 0 Å². The van der Waals surface area contributed by atoms with Crippen molar-refractivity contribution in [1.29, 1.82) is 0 Å². The predicted octanol–water partition coefficient (Wildman–Crippen LogP) is 2.22. The number of oxazole rings is 1. The summed E-state index contributed by atoms with van der Waals surface area (Å²) in [4.78, 5) is 23.1. The van der Waals surface area contributed by atoms with E-state index in [9.17, 15) is 4.79 Å². The fourth-order valence-electron chi connectivity index (χ4n) is 2.16. The largest absolute Gasteiger partial charge is 0.481 e. The molecule has 1 unspecified atom stereocenters. The van der Waals surface area contributed by atoms with Crippen molar-refractivity contribution in [2.75, 3.05) is 0 Å². The lowest BCUT2D eigenvalue weighted by Crippen LogP contribution is -2.09. The number of hydrogen-bond acceptors (Lipinski definition) is 5. The van der Waals surface area contributed by atoms with E-state index in [1.807, 2.05) is 12.1 Å². The Morgan fingerprint density at radius 1 is 1.30 bits per heavy atom. The maximum atomic E-state index is 11.1. The minimum atomic E-state index is -0.883. The van der Waals surface area contributed by atoms with Crippen molar-refractivity contribution >= 4 is 17.1 Å². The molecule has 3 rings (SSSR count). The first kappa shape index (κ1) is 12.3. The molecule has 0 bridgehead atoms. The highest BCUT2D eigenvalue weighted by molar-refractivity contribution is 5.74. The Morgan fingerprint density at radius 2 is 2.20 bits per heavy atom. The molecular weight excluding hydrogens is 258 g/mol.